The van der Waals surface area contributed by atoms with E-state index in [0.717, 1.165) is 0 Å². The van der Waals surface area contributed by atoms with Crippen LogP contribution in [-0.2, 0) is 4.79 Å². The summed E-state index contributed by atoms with van der Waals surface area (Å²) in [7, 11) is 3.58. The number of hydrogen-bond acceptors (Lipinski definition) is 3. The van der Waals surface area contributed by atoms with E-state index in [1.807, 2.05) is 0 Å². The Morgan fingerprint density at radius 3 is 2.10 bits per heavy atom. The Balaban J connectivity index is 4.08. The molecular weight excluding hydrogens is 130 g/mol. The Bertz CT molecular complexity index is 152. The topological polar surface area (TPSA) is 43.4 Å². The van der Waals surface area contributed by atoms with Crippen LogP contribution in [-0.4, -0.2) is 31.0 Å². The van der Waals surface area contributed by atoms with Crippen molar-refractivity contribution in [3.05, 3.63) is 12.2 Å². The van der Waals surface area contributed by atoms with Crippen molar-refractivity contribution in [1.82, 2.24) is 4.90 Å². The van der Waals surface area contributed by atoms with Crippen LogP contribution in [0.1, 0.15) is 6.92 Å². The minimum atomic E-state index is -1.18. The lowest BCUT2D eigenvalue weighted by molar-refractivity contribution is -0.299. The van der Waals surface area contributed by atoms with Crippen molar-refractivity contribution < 1.29 is 9.90 Å². The summed E-state index contributed by atoms with van der Waals surface area (Å²) in [6.45, 7) is 5.13. The highest BCUT2D eigenvalue weighted by Gasteiger charge is 2.08. The molecule has 0 aliphatic carbocycles. The number of rotatable bonds is 3. The summed E-state index contributed by atoms with van der Waals surface area (Å²) < 4.78 is 0. The van der Waals surface area contributed by atoms with Crippen LogP contribution in [0.15, 0.2) is 12.2 Å². The first kappa shape index (κ1) is 9.17. The molecule has 0 spiro atoms. The maximum absolute atomic E-state index is 10.2. The molecule has 1 atom stereocenters. The Morgan fingerprint density at radius 2 is 2.00 bits per heavy atom. The molecule has 0 aromatic carbocycles. The highest BCUT2D eigenvalue weighted by atomic mass is 16.4. The highest BCUT2D eigenvalue weighted by Crippen LogP contribution is 2.02. The molecule has 3 heteroatoms. The third kappa shape index (κ3) is 2.19. The number of carboxylic acids is 1. The van der Waals surface area contributed by atoms with Crippen LogP contribution >= 0.6 is 0 Å². The van der Waals surface area contributed by atoms with Gasteiger partial charge in [0, 0.05) is 6.04 Å². The monoisotopic (exact) mass is 142 g/mol. The molecule has 0 aromatic rings. The maximum atomic E-state index is 10.2. The zero-order valence-corrected chi connectivity index (χ0v) is 6.55. The van der Waals surface area contributed by atoms with Gasteiger partial charge in [-0.15, -0.1) is 0 Å². The van der Waals surface area contributed by atoms with E-state index in [2.05, 4.69) is 6.58 Å². The lowest BCUT2D eigenvalue weighted by Crippen LogP contribution is -2.36. The second kappa shape index (κ2) is 3.37. The Kier molecular flexibility index (Phi) is 3.09. The number of carbonyl (C=O) groups is 1. The summed E-state index contributed by atoms with van der Waals surface area (Å²) in [5, 5.41) is 10.2. The predicted octanol–water partition coefficient (Wildman–Crippen LogP) is -0.757. The van der Waals surface area contributed by atoms with Gasteiger partial charge in [-0.2, -0.15) is 0 Å². The molecule has 0 heterocycles. The fourth-order valence-electron chi connectivity index (χ4n) is 0.482. The number of nitrogens with zero attached hydrogens (tertiary/aromatic N) is 1. The molecule has 0 amide bonds. The average Bonchev–Trinajstić information content (AvgIpc) is 1.84. The summed E-state index contributed by atoms with van der Waals surface area (Å²) >= 11 is 0. The number of aliphatic carboxylic acids is 1. The Hall–Kier alpha value is -0.830. The van der Waals surface area contributed by atoms with E-state index in [9.17, 15) is 9.90 Å². The molecule has 58 valence electrons. The van der Waals surface area contributed by atoms with Gasteiger partial charge in [-0.05, 0) is 26.6 Å². The quantitative estimate of drug-likeness (QED) is 0.487. The number of carbonyl (C=O) groups excluding carboxylic acids is 1. The van der Waals surface area contributed by atoms with Gasteiger partial charge in [0.15, 0.2) is 0 Å². The third-order valence-corrected chi connectivity index (χ3v) is 1.54. The fourth-order valence-corrected chi connectivity index (χ4v) is 0.482. The summed E-state index contributed by atoms with van der Waals surface area (Å²) in [5.41, 5.74) is 0.116. The lowest BCUT2D eigenvalue weighted by atomic mass is 10.1. The second-order valence-electron chi connectivity index (χ2n) is 2.45. The van der Waals surface area contributed by atoms with Crippen molar-refractivity contribution in [3.63, 3.8) is 0 Å². The van der Waals surface area contributed by atoms with Crippen LogP contribution in [0.5, 0.6) is 0 Å². The number of hydrogen-bond donors (Lipinski definition) is 0. The van der Waals surface area contributed by atoms with Gasteiger partial charge in [-0.1, -0.05) is 6.58 Å². The van der Waals surface area contributed by atoms with Gasteiger partial charge < -0.3 is 14.8 Å². The standard InChI is InChI=1S/C7H13NO2/c1-5(7(9)10)6(2)8(3)4/h6H,1H2,2-4H3,(H,9,10)/p-1. The maximum Gasteiger partial charge on any atom is 0.0684 e. The van der Waals surface area contributed by atoms with Gasteiger partial charge in [0.2, 0.25) is 0 Å². The lowest BCUT2D eigenvalue weighted by Gasteiger charge is -2.22. The summed E-state index contributed by atoms with van der Waals surface area (Å²) in [6, 6.07) is -0.162. The van der Waals surface area contributed by atoms with Crippen molar-refractivity contribution >= 4 is 5.97 Å². The average molecular weight is 142 g/mol. The van der Waals surface area contributed by atoms with Crippen LogP contribution in [0.25, 0.3) is 0 Å². The molecule has 0 N–H and O–H groups in total. The summed E-state index contributed by atoms with van der Waals surface area (Å²) in [5.74, 6) is -1.18. The highest BCUT2D eigenvalue weighted by molar-refractivity contribution is 5.85. The Morgan fingerprint density at radius 1 is 1.60 bits per heavy atom. The van der Waals surface area contributed by atoms with Crippen LogP contribution in [0.2, 0.25) is 0 Å². The van der Waals surface area contributed by atoms with Crippen LogP contribution in [0, 0.1) is 0 Å². The van der Waals surface area contributed by atoms with Gasteiger partial charge in [-0.25, -0.2) is 0 Å². The van der Waals surface area contributed by atoms with E-state index in [4.69, 9.17) is 0 Å². The van der Waals surface area contributed by atoms with Crippen molar-refractivity contribution in [2.24, 2.45) is 0 Å². The molecule has 10 heavy (non-hydrogen) atoms. The smallest absolute Gasteiger partial charge is 0.0684 e. The first-order valence-corrected chi connectivity index (χ1v) is 3.03. The molecule has 0 rings (SSSR count). The molecule has 0 radical (unpaired) electrons. The molecule has 1 unspecified atom stereocenters. The zero-order chi connectivity index (χ0) is 8.31. The summed E-state index contributed by atoms with van der Waals surface area (Å²) in [4.78, 5) is 12.0. The van der Waals surface area contributed by atoms with Gasteiger partial charge in [-0.3, -0.25) is 0 Å². The first-order valence-electron chi connectivity index (χ1n) is 3.03. The molecule has 0 aliphatic heterocycles. The van der Waals surface area contributed by atoms with E-state index >= 15 is 0 Å². The normalized spacial score (nSPS) is 13.2. The molecule has 0 saturated carbocycles. The van der Waals surface area contributed by atoms with Crippen LogP contribution in [0.3, 0.4) is 0 Å². The number of carboxylic acid groups (broad SMARTS) is 1. The van der Waals surface area contributed by atoms with E-state index in [0.29, 0.717) is 0 Å². The molecule has 3 nitrogen and oxygen atoms in total. The summed E-state index contributed by atoms with van der Waals surface area (Å²) in [6.07, 6.45) is 0. The molecule has 0 aliphatic rings. The van der Waals surface area contributed by atoms with E-state index in [1.54, 1.807) is 25.9 Å². The zero-order valence-electron chi connectivity index (χ0n) is 6.55. The molecule has 0 aromatic heterocycles. The first-order chi connectivity index (χ1) is 4.46. The molecular formula is C7H12NO2-. The van der Waals surface area contributed by atoms with Crippen LogP contribution in [0.4, 0.5) is 0 Å². The van der Waals surface area contributed by atoms with E-state index < -0.39 is 5.97 Å². The largest absolute Gasteiger partial charge is 0.545 e. The van der Waals surface area contributed by atoms with Crippen molar-refractivity contribution in [2.75, 3.05) is 14.1 Å². The molecule has 0 saturated heterocycles. The number of likely N-dealkylation sites (N-methyl/N-ethyl adjacent to an activating group) is 1. The SMILES string of the molecule is C=C(C(=O)[O-])C(C)N(C)C. The Labute approximate surface area is 61.0 Å². The van der Waals surface area contributed by atoms with Gasteiger partial charge in [0.05, 0.1) is 5.97 Å². The van der Waals surface area contributed by atoms with Crippen molar-refractivity contribution in [2.45, 2.75) is 13.0 Å². The minimum absolute atomic E-state index is 0.116. The van der Waals surface area contributed by atoms with E-state index in [-0.39, 0.29) is 11.6 Å². The fraction of sp³-hybridized carbons (Fsp3) is 0.571. The van der Waals surface area contributed by atoms with E-state index in [1.165, 1.54) is 0 Å². The van der Waals surface area contributed by atoms with Crippen molar-refractivity contribution in [3.8, 4) is 0 Å². The third-order valence-electron chi connectivity index (χ3n) is 1.54. The molecule has 0 bridgehead atoms. The molecule has 0 fully saturated rings. The van der Waals surface area contributed by atoms with Gasteiger partial charge in [0.25, 0.3) is 0 Å². The second-order valence-corrected chi connectivity index (χ2v) is 2.45. The van der Waals surface area contributed by atoms with Crippen LogP contribution < -0.4 is 5.11 Å². The van der Waals surface area contributed by atoms with Crippen molar-refractivity contribution in [1.29, 1.82) is 0 Å². The van der Waals surface area contributed by atoms with Gasteiger partial charge in [0.1, 0.15) is 0 Å². The minimum Gasteiger partial charge on any atom is -0.545 e. The van der Waals surface area contributed by atoms with Gasteiger partial charge >= 0.3 is 0 Å². The predicted molar refractivity (Wildman–Crippen MR) is 37.3 cm³/mol.